The molecule has 0 amide bonds. The zero-order valence-corrected chi connectivity index (χ0v) is 17.3. The van der Waals surface area contributed by atoms with E-state index >= 15 is 0 Å². The molecule has 0 saturated carbocycles. The molecule has 3 rings (SSSR count). The third-order valence-corrected chi connectivity index (χ3v) is 6.71. The fourth-order valence-electron chi connectivity index (χ4n) is 3.37. The van der Waals surface area contributed by atoms with Gasteiger partial charge in [0.2, 0.25) is 0 Å². The summed E-state index contributed by atoms with van der Waals surface area (Å²) in [5.74, 6) is -1.43. The zero-order chi connectivity index (χ0) is 19.6. The Morgan fingerprint density at radius 2 is 1.89 bits per heavy atom. The van der Waals surface area contributed by atoms with Crippen LogP contribution in [0.25, 0.3) is 0 Å². The predicted octanol–water partition coefficient (Wildman–Crippen LogP) is 4.73. The number of halogens is 3. The summed E-state index contributed by atoms with van der Waals surface area (Å²) in [7, 11) is -4.23. The molecule has 1 fully saturated rings. The van der Waals surface area contributed by atoms with Gasteiger partial charge in [0.25, 0.3) is 10.0 Å². The molecule has 1 saturated heterocycles. The Morgan fingerprint density at radius 3 is 2.56 bits per heavy atom. The van der Waals surface area contributed by atoms with Gasteiger partial charge in [0, 0.05) is 12.2 Å². The van der Waals surface area contributed by atoms with Gasteiger partial charge in [-0.3, -0.25) is 4.72 Å². The quantitative estimate of drug-likeness (QED) is 0.636. The maximum atomic E-state index is 14.0. The van der Waals surface area contributed by atoms with Gasteiger partial charge >= 0.3 is 0 Å². The number of hydrogen-bond acceptors (Lipinski definition) is 3. The maximum Gasteiger partial charge on any atom is 0.264 e. The van der Waals surface area contributed by atoms with Crippen LogP contribution in [0.15, 0.2) is 45.8 Å². The Morgan fingerprint density at radius 1 is 1.19 bits per heavy atom. The minimum Gasteiger partial charge on any atom is -0.303 e. The van der Waals surface area contributed by atoms with E-state index in [1.807, 2.05) is 12.1 Å². The number of sulfonamides is 1. The van der Waals surface area contributed by atoms with Crippen LogP contribution >= 0.6 is 15.9 Å². The second-order valence-corrected chi connectivity index (χ2v) is 9.22. The van der Waals surface area contributed by atoms with Crippen LogP contribution in [0.1, 0.15) is 31.2 Å². The molecule has 4 nitrogen and oxygen atoms in total. The molecule has 0 aliphatic carbocycles. The number of likely N-dealkylation sites (tertiary alicyclic amines) is 1. The van der Waals surface area contributed by atoms with Gasteiger partial charge < -0.3 is 4.90 Å². The van der Waals surface area contributed by atoms with Crippen LogP contribution in [0, 0.1) is 11.6 Å². The maximum absolute atomic E-state index is 14.0. The van der Waals surface area contributed by atoms with Crippen molar-refractivity contribution in [2.45, 2.75) is 30.6 Å². The molecule has 146 valence electrons. The standard InChI is InChI=1S/C19H21BrF2N2O2S/c1-2-8-24-9-7-14(12-24)13-3-5-15(6-4-13)23-27(25,26)19-11-17(21)16(20)10-18(19)22/h3-6,10-11,14,23H,2,7-9,12H2,1H3/t14-/m1/s1. The van der Waals surface area contributed by atoms with Crippen molar-refractivity contribution in [1.29, 1.82) is 0 Å². The van der Waals surface area contributed by atoms with Crippen molar-refractivity contribution in [3.63, 3.8) is 0 Å². The van der Waals surface area contributed by atoms with Gasteiger partial charge in [-0.1, -0.05) is 19.1 Å². The minimum absolute atomic E-state index is 0.128. The summed E-state index contributed by atoms with van der Waals surface area (Å²) in [6.45, 7) is 5.32. The van der Waals surface area contributed by atoms with Crippen LogP contribution in [0.4, 0.5) is 14.5 Å². The van der Waals surface area contributed by atoms with E-state index in [1.165, 1.54) is 0 Å². The third kappa shape index (κ3) is 4.67. The van der Waals surface area contributed by atoms with Gasteiger partial charge in [0.05, 0.1) is 4.47 Å². The lowest BCUT2D eigenvalue weighted by Gasteiger charge is -2.15. The average molecular weight is 459 g/mol. The van der Waals surface area contributed by atoms with Crippen molar-refractivity contribution in [1.82, 2.24) is 4.90 Å². The van der Waals surface area contributed by atoms with E-state index in [9.17, 15) is 17.2 Å². The van der Waals surface area contributed by atoms with Gasteiger partial charge in [-0.05, 0) is 77.6 Å². The Balaban J connectivity index is 1.74. The molecule has 1 atom stereocenters. The first-order valence-electron chi connectivity index (χ1n) is 8.80. The van der Waals surface area contributed by atoms with E-state index in [0.29, 0.717) is 17.7 Å². The summed E-state index contributed by atoms with van der Waals surface area (Å²) in [5, 5.41) is 0. The van der Waals surface area contributed by atoms with Gasteiger partial charge in [-0.2, -0.15) is 0 Å². The summed E-state index contributed by atoms with van der Waals surface area (Å²) in [5.41, 5.74) is 1.46. The fraction of sp³-hybridized carbons (Fsp3) is 0.368. The highest BCUT2D eigenvalue weighted by atomic mass is 79.9. The predicted molar refractivity (Wildman–Crippen MR) is 105 cm³/mol. The monoisotopic (exact) mass is 458 g/mol. The normalized spacial score (nSPS) is 18.0. The average Bonchev–Trinajstić information content (AvgIpc) is 3.07. The first-order valence-corrected chi connectivity index (χ1v) is 11.1. The molecule has 0 bridgehead atoms. The lowest BCUT2D eigenvalue weighted by molar-refractivity contribution is 0.335. The molecule has 0 spiro atoms. The molecule has 2 aromatic rings. The fourth-order valence-corrected chi connectivity index (χ4v) is 4.81. The molecule has 0 unspecified atom stereocenters. The largest absolute Gasteiger partial charge is 0.303 e. The molecule has 1 heterocycles. The van der Waals surface area contributed by atoms with E-state index < -0.39 is 26.6 Å². The van der Waals surface area contributed by atoms with Crippen LogP contribution in [-0.2, 0) is 10.0 Å². The van der Waals surface area contributed by atoms with E-state index in [2.05, 4.69) is 32.5 Å². The number of nitrogens with zero attached hydrogens (tertiary/aromatic N) is 1. The second kappa shape index (κ2) is 8.24. The van der Waals surface area contributed by atoms with Crippen molar-refractivity contribution < 1.29 is 17.2 Å². The van der Waals surface area contributed by atoms with Crippen LogP contribution < -0.4 is 4.72 Å². The summed E-state index contributed by atoms with van der Waals surface area (Å²) >= 11 is 2.83. The van der Waals surface area contributed by atoms with Crippen molar-refractivity contribution >= 4 is 31.6 Å². The summed E-state index contributed by atoms with van der Waals surface area (Å²) in [6, 6.07) is 8.55. The van der Waals surface area contributed by atoms with Crippen LogP contribution in [0.3, 0.4) is 0 Å². The highest BCUT2D eigenvalue weighted by Crippen LogP contribution is 2.29. The Labute approximate surface area is 166 Å². The number of rotatable bonds is 6. The van der Waals surface area contributed by atoms with E-state index in [-0.39, 0.29) is 4.47 Å². The van der Waals surface area contributed by atoms with Crippen molar-refractivity contribution in [2.75, 3.05) is 24.4 Å². The Bertz CT molecular complexity index is 920. The lowest BCUT2D eigenvalue weighted by atomic mass is 9.98. The molecule has 2 aromatic carbocycles. The highest BCUT2D eigenvalue weighted by Gasteiger charge is 2.24. The van der Waals surface area contributed by atoms with Crippen LogP contribution in [0.5, 0.6) is 0 Å². The van der Waals surface area contributed by atoms with Crippen molar-refractivity contribution in [2.24, 2.45) is 0 Å². The smallest absolute Gasteiger partial charge is 0.264 e. The molecule has 8 heteroatoms. The highest BCUT2D eigenvalue weighted by molar-refractivity contribution is 9.10. The molecule has 1 aliphatic rings. The van der Waals surface area contributed by atoms with Gasteiger partial charge in [0.1, 0.15) is 16.5 Å². The van der Waals surface area contributed by atoms with Gasteiger partial charge in [-0.15, -0.1) is 0 Å². The van der Waals surface area contributed by atoms with Crippen molar-refractivity contribution in [3.8, 4) is 0 Å². The molecule has 1 N–H and O–H groups in total. The van der Waals surface area contributed by atoms with E-state index in [1.54, 1.807) is 12.1 Å². The number of anilines is 1. The molecule has 27 heavy (non-hydrogen) atoms. The summed E-state index contributed by atoms with van der Waals surface area (Å²) in [6.07, 6.45) is 2.20. The Kier molecular flexibility index (Phi) is 6.18. The zero-order valence-electron chi connectivity index (χ0n) is 14.9. The molecule has 0 radical (unpaired) electrons. The second-order valence-electron chi connectivity index (χ2n) is 6.71. The van der Waals surface area contributed by atoms with E-state index in [4.69, 9.17) is 0 Å². The molecular weight excluding hydrogens is 438 g/mol. The third-order valence-electron chi connectivity index (χ3n) is 4.71. The first kappa shape index (κ1) is 20.2. The number of benzene rings is 2. The van der Waals surface area contributed by atoms with Gasteiger partial charge in [-0.25, -0.2) is 17.2 Å². The summed E-state index contributed by atoms with van der Waals surface area (Å²) < 4.78 is 54.6. The first-order chi connectivity index (χ1) is 12.8. The SMILES string of the molecule is CCCN1CC[C@@H](c2ccc(NS(=O)(=O)c3cc(F)c(Br)cc3F)cc2)C1. The minimum atomic E-state index is -4.23. The Hall–Kier alpha value is -1.51. The van der Waals surface area contributed by atoms with Crippen LogP contribution in [0.2, 0.25) is 0 Å². The van der Waals surface area contributed by atoms with Gasteiger partial charge in [0.15, 0.2) is 0 Å². The van der Waals surface area contributed by atoms with Crippen LogP contribution in [-0.4, -0.2) is 33.0 Å². The molecule has 0 aromatic heterocycles. The lowest BCUT2D eigenvalue weighted by Crippen LogP contribution is -2.20. The van der Waals surface area contributed by atoms with Crippen molar-refractivity contribution in [3.05, 3.63) is 58.1 Å². The topological polar surface area (TPSA) is 49.4 Å². The molecular formula is C19H21BrF2N2O2S. The number of nitrogens with one attached hydrogen (secondary N) is 1. The summed E-state index contributed by atoms with van der Waals surface area (Å²) in [4.78, 5) is 1.70. The van der Waals surface area contributed by atoms with E-state index in [0.717, 1.165) is 44.1 Å². The number of hydrogen-bond donors (Lipinski definition) is 1. The molecule has 1 aliphatic heterocycles.